The molecule has 1 heterocycles. The van der Waals surface area contributed by atoms with Crippen molar-refractivity contribution in [1.29, 1.82) is 0 Å². The summed E-state index contributed by atoms with van der Waals surface area (Å²) in [5, 5.41) is 0.698. The number of nitrogens with zero attached hydrogens (tertiary/aromatic N) is 1. The smallest absolute Gasteiger partial charge is 0.352 e. The van der Waals surface area contributed by atoms with E-state index in [-0.39, 0.29) is 5.82 Å². The fourth-order valence-electron chi connectivity index (χ4n) is 1.58. The van der Waals surface area contributed by atoms with Crippen LogP contribution in [0.5, 0.6) is 0 Å². The molecule has 5 nitrogen and oxygen atoms in total. The van der Waals surface area contributed by atoms with Crippen molar-refractivity contribution in [3.05, 3.63) is 34.7 Å². The van der Waals surface area contributed by atoms with Crippen molar-refractivity contribution in [3.63, 3.8) is 0 Å². The number of carbonyl (C=O) groups is 1. The Labute approximate surface area is 115 Å². The Bertz CT molecular complexity index is 578. The zero-order chi connectivity index (χ0) is 13.8. The maximum absolute atomic E-state index is 11.7. The second-order valence-corrected chi connectivity index (χ2v) is 4.85. The molecule has 6 heteroatoms. The predicted octanol–water partition coefficient (Wildman–Crippen LogP) is 2.03. The molecule has 4 N–H and O–H groups in total. The molecule has 0 fully saturated rings. The first-order valence-electron chi connectivity index (χ1n) is 5.88. The third-order valence-electron chi connectivity index (χ3n) is 2.55. The number of hydrogen-bond acceptors (Lipinski definition) is 6. The van der Waals surface area contributed by atoms with Gasteiger partial charge in [0, 0.05) is 12.1 Å². The van der Waals surface area contributed by atoms with Crippen LogP contribution >= 0.6 is 11.3 Å². The van der Waals surface area contributed by atoms with Gasteiger partial charge in [0.15, 0.2) is 4.88 Å². The monoisotopic (exact) mass is 277 g/mol. The SMILES string of the molecule is CCOC(=O)c1sc(-c2ccc(CN)cc2)nc1N. The molecule has 2 aromatic rings. The quantitative estimate of drug-likeness (QED) is 0.834. The average Bonchev–Trinajstić information content (AvgIpc) is 2.81. The number of rotatable bonds is 4. The van der Waals surface area contributed by atoms with Crippen molar-refractivity contribution in [2.75, 3.05) is 12.3 Å². The molecular weight excluding hydrogens is 262 g/mol. The van der Waals surface area contributed by atoms with Crippen molar-refractivity contribution >= 4 is 23.1 Å². The highest BCUT2D eigenvalue weighted by molar-refractivity contribution is 7.17. The molecule has 0 unspecified atom stereocenters. The second kappa shape index (κ2) is 5.81. The third-order valence-corrected chi connectivity index (χ3v) is 3.65. The maximum Gasteiger partial charge on any atom is 0.352 e. The molecule has 0 bridgehead atoms. The van der Waals surface area contributed by atoms with Crippen LogP contribution in [0.3, 0.4) is 0 Å². The molecule has 0 atom stereocenters. The molecule has 1 aromatic carbocycles. The van der Waals surface area contributed by atoms with Crippen LogP contribution in [-0.2, 0) is 11.3 Å². The first-order valence-corrected chi connectivity index (χ1v) is 6.70. The molecule has 2 rings (SSSR count). The number of ether oxygens (including phenoxy) is 1. The Morgan fingerprint density at radius 3 is 2.63 bits per heavy atom. The second-order valence-electron chi connectivity index (χ2n) is 3.85. The topological polar surface area (TPSA) is 91.2 Å². The van der Waals surface area contributed by atoms with Crippen LogP contribution in [-0.4, -0.2) is 17.6 Å². The van der Waals surface area contributed by atoms with E-state index in [4.69, 9.17) is 16.2 Å². The first kappa shape index (κ1) is 13.5. The number of nitrogen functional groups attached to an aromatic ring is 1. The molecule has 19 heavy (non-hydrogen) atoms. The van der Waals surface area contributed by atoms with E-state index in [0.717, 1.165) is 11.1 Å². The summed E-state index contributed by atoms with van der Waals surface area (Å²) in [7, 11) is 0. The number of carbonyl (C=O) groups excluding carboxylic acids is 1. The van der Waals surface area contributed by atoms with E-state index in [0.29, 0.717) is 23.0 Å². The summed E-state index contributed by atoms with van der Waals surface area (Å²) in [6, 6.07) is 7.68. The number of aromatic nitrogens is 1. The van der Waals surface area contributed by atoms with Crippen LogP contribution in [0.1, 0.15) is 22.2 Å². The highest BCUT2D eigenvalue weighted by Gasteiger charge is 2.17. The molecule has 0 radical (unpaired) electrons. The van der Waals surface area contributed by atoms with Gasteiger partial charge >= 0.3 is 5.97 Å². The lowest BCUT2D eigenvalue weighted by atomic mass is 10.1. The predicted molar refractivity (Wildman–Crippen MR) is 75.8 cm³/mol. The van der Waals surface area contributed by atoms with Crippen LogP contribution in [0.25, 0.3) is 10.6 Å². The number of nitrogens with two attached hydrogens (primary N) is 2. The Morgan fingerprint density at radius 1 is 1.37 bits per heavy atom. The van der Waals surface area contributed by atoms with Crippen LogP contribution in [0.15, 0.2) is 24.3 Å². The van der Waals surface area contributed by atoms with Gasteiger partial charge in [-0.1, -0.05) is 24.3 Å². The van der Waals surface area contributed by atoms with E-state index in [2.05, 4.69) is 4.98 Å². The van der Waals surface area contributed by atoms with Gasteiger partial charge in [-0.05, 0) is 12.5 Å². The highest BCUT2D eigenvalue weighted by atomic mass is 32.1. The minimum absolute atomic E-state index is 0.210. The van der Waals surface area contributed by atoms with Gasteiger partial charge in [-0.15, -0.1) is 11.3 Å². The summed E-state index contributed by atoms with van der Waals surface area (Å²) in [6.07, 6.45) is 0. The number of anilines is 1. The third kappa shape index (κ3) is 2.91. The summed E-state index contributed by atoms with van der Waals surface area (Å²) >= 11 is 1.23. The molecular formula is C13H15N3O2S. The Kier molecular flexibility index (Phi) is 4.13. The van der Waals surface area contributed by atoms with Crippen LogP contribution in [0.4, 0.5) is 5.82 Å². The van der Waals surface area contributed by atoms with Crippen molar-refractivity contribution in [2.45, 2.75) is 13.5 Å². The van der Waals surface area contributed by atoms with Gasteiger partial charge in [0.2, 0.25) is 0 Å². The van der Waals surface area contributed by atoms with Crippen molar-refractivity contribution in [1.82, 2.24) is 4.98 Å². The summed E-state index contributed by atoms with van der Waals surface area (Å²) in [5.41, 5.74) is 13.2. The number of benzene rings is 1. The van der Waals surface area contributed by atoms with Crippen molar-refractivity contribution in [2.24, 2.45) is 5.73 Å². The minimum Gasteiger partial charge on any atom is -0.462 e. The fourth-order valence-corrected chi connectivity index (χ4v) is 2.47. The molecule has 1 aromatic heterocycles. The van der Waals surface area contributed by atoms with Gasteiger partial charge in [0.25, 0.3) is 0 Å². The van der Waals surface area contributed by atoms with Gasteiger partial charge in [-0.2, -0.15) is 0 Å². The summed E-state index contributed by atoms with van der Waals surface area (Å²) in [6.45, 7) is 2.56. The van der Waals surface area contributed by atoms with Gasteiger partial charge in [0.1, 0.15) is 10.8 Å². The standard InChI is InChI=1S/C13H15N3O2S/c1-2-18-13(17)10-11(15)16-12(19-10)9-5-3-8(7-14)4-6-9/h3-6H,2,7,14-15H2,1H3. The van der Waals surface area contributed by atoms with Gasteiger partial charge in [0.05, 0.1) is 6.61 Å². The van der Waals surface area contributed by atoms with E-state index >= 15 is 0 Å². The zero-order valence-electron chi connectivity index (χ0n) is 10.6. The Balaban J connectivity index is 2.30. The molecule has 0 amide bonds. The average molecular weight is 277 g/mol. The molecule has 100 valence electrons. The van der Waals surface area contributed by atoms with E-state index in [1.165, 1.54) is 11.3 Å². The Hall–Kier alpha value is -1.92. The maximum atomic E-state index is 11.7. The molecule has 0 saturated heterocycles. The lowest BCUT2D eigenvalue weighted by Crippen LogP contribution is -2.05. The van der Waals surface area contributed by atoms with E-state index < -0.39 is 5.97 Å². The van der Waals surface area contributed by atoms with E-state index in [1.807, 2.05) is 24.3 Å². The zero-order valence-corrected chi connectivity index (χ0v) is 11.4. The molecule has 0 saturated carbocycles. The highest BCUT2D eigenvalue weighted by Crippen LogP contribution is 2.30. The lowest BCUT2D eigenvalue weighted by molar-refractivity contribution is 0.0533. The number of esters is 1. The van der Waals surface area contributed by atoms with Crippen LogP contribution in [0, 0.1) is 0 Å². The van der Waals surface area contributed by atoms with E-state index in [9.17, 15) is 4.79 Å². The summed E-state index contributed by atoms with van der Waals surface area (Å²) in [5.74, 6) is -0.219. The lowest BCUT2D eigenvalue weighted by Gasteiger charge is -1.98. The van der Waals surface area contributed by atoms with Gasteiger partial charge in [-0.3, -0.25) is 0 Å². The van der Waals surface area contributed by atoms with E-state index in [1.54, 1.807) is 6.92 Å². The largest absolute Gasteiger partial charge is 0.462 e. The first-order chi connectivity index (χ1) is 9.15. The molecule has 0 aliphatic rings. The van der Waals surface area contributed by atoms with Crippen LogP contribution in [0.2, 0.25) is 0 Å². The van der Waals surface area contributed by atoms with Gasteiger partial charge < -0.3 is 16.2 Å². The molecule has 0 spiro atoms. The minimum atomic E-state index is -0.428. The number of thiazole rings is 1. The summed E-state index contributed by atoms with van der Waals surface area (Å²) in [4.78, 5) is 16.2. The molecule has 0 aliphatic heterocycles. The van der Waals surface area contributed by atoms with Crippen molar-refractivity contribution < 1.29 is 9.53 Å². The number of hydrogen-bond donors (Lipinski definition) is 2. The van der Waals surface area contributed by atoms with Gasteiger partial charge in [-0.25, -0.2) is 9.78 Å². The normalized spacial score (nSPS) is 10.4. The Morgan fingerprint density at radius 2 is 2.05 bits per heavy atom. The molecule has 0 aliphatic carbocycles. The fraction of sp³-hybridized carbons (Fsp3) is 0.231. The van der Waals surface area contributed by atoms with Crippen LogP contribution < -0.4 is 11.5 Å². The van der Waals surface area contributed by atoms with Crippen molar-refractivity contribution in [3.8, 4) is 10.6 Å². The summed E-state index contributed by atoms with van der Waals surface area (Å²) < 4.78 is 4.93.